The van der Waals surface area contributed by atoms with Gasteiger partial charge in [-0.2, -0.15) is 0 Å². The number of aryl methyl sites for hydroxylation is 1. The number of ether oxygens (including phenoxy) is 1. The summed E-state index contributed by atoms with van der Waals surface area (Å²) in [5.41, 5.74) is 2.13. The number of amides is 1. The highest BCUT2D eigenvalue weighted by molar-refractivity contribution is 5.68. The number of carbonyl (C=O) groups is 1. The zero-order valence-corrected chi connectivity index (χ0v) is 13.7. The van der Waals surface area contributed by atoms with Crippen LogP contribution in [0.3, 0.4) is 0 Å². The van der Waals surface area contributed by atoms with Gasteiger partial charge in [0.05, 0.1) is 0 Å². The summed E-state index contributed by atoms with van der Waals surface area (Å²) in [6.45, 7) is 8.67. The fraction of sp³-hybridized carbons (Fsp3) is 0.611. The van der Waals surface area contributed by atoms with Crippen molar-refractivity contribution in [2.24, 2.45) is 0 Å². The summed E-state index contributed by atoms with van der Waals surface area (Å²) < 4.78 is 5.55. The number of benzene rings is 1. The third-order valence-corrected chi connectivity index (χ3v) is 3.85. The van der Waals surface area contributed by atoms with Gasteiger partial charge >= 0.3 is 6.09 Å². The van der Waals surface area contributed by atoms with Crippen molar-refractivity contribution >= 4 is 6.09 Å². The molecule has 1 atom stereocenters. The van der Waals surface area contributed by atoms with Gasteiger partial charge in [-0.25, -0.2) is 4.79 Å². The van der Waals surface area contributed by atoms with Gasteiger partial charge in [0.25, 0.3) is 0 Å². The highest BCUT2D eigenvalue weighted by atomic mass is 16.6. The van der Waals surface area contributed by atoms with E-state index in [0.29, 0.717) is 0 Å². The average Bonchev–Trinajstić information content (AvgIpc) is 2.40. The average molecular weight is 289 g/mol. The smallest absolute Gasteiger partial charge is 0.410 e. The molecule has 0 N–H and O–H groups in total. The Morgan fingerprint density at radius 2 is 1.90 bits per heavy atom. The molecular weight excluding hydrogens is 262 g/mol. The minimum atomic E-state index is -0.428. The number of carbonyl (C=O) groups excluding carboxylic acids is 1. The van der Waals surface area contributed by atoms with Crippen molar-refractivity contribution in [3.8, 4) is 0 Å². The van der Waals surface area contributed by atoms with Crippen molar-refractivity contribution in [2.75, 3.05) is 6.54 Å². The van der Waals surface area contributed by atoms with Gasteiger partial charge in [0.1, 0.15) is 5.60 Å². The predicted molar refractivity (Wildman–Crippen MR) is 85.5 cm³/mol. The minimum Gasteiger partial charge on any atom is -0.444 e. The van der Waals surface area contributed by atoms with Crippen LogP contribution in [0.1, 0.15) is 51.2 Å². The van der Waals surface area contributed by atoms with E-state index in [0.717, 1.165) is 25.8 Å². The van der Waals surface area contributed by atoms with Crippen molar-refractivity contribution in [3.05, 3.63) is 35.4 Å². The zero-order valence-electron chi connectivity index (χ0n) is 13.7. The number of rotatable bonds is 2. The molecule has 1 amide bonds. The molecule has 1 aliphatic heterocycles. The van der Waals surface area contributed by atoms with Crippen molar-refractivity contribution in [1.29, 1.82) is 0 Å². The second-order valence-corrected chi connectivity index (χ2v) is 7.01. The molecule has 3 nitrogen and oxygen atoms in total. The normalized spacial score (nSPS) is 19.4. The molecule has 0 bridgehead atoms. The molecule has 0 aliphatic carbocycles. The lowest BCUT2D eigenvalue weighted by atomic mass is 9.95. The zero-order chi connectivity index (χ0) is 15.5. The van der Waals surface area contributed by atoms with E-state index in [1.807, 2.05) is 25.7 Å². The van der Waals surface area contributed by atoms with E-state index in [9.17, 15) is 4.79 Å². The number of nitrogens with zero attached hydrogens (tertiary/aromatic N) is 1. The Bertz CT molecular complexity index is 473. The Labute approximate surface area is 128 Å². The molecule has 1 aliphatic rings. The Morgan fingerprint density at radius 3 is 2.52 bits per heavy atom. The SMILES string of the molecule is Cc1ccc(C[C@@H]2CCCCN2C(=O)OC(C)(C)C)cc1. The first-order chi connectivity index (χ1) is 9.85. The van der Waals surface area contributed by atoms with E-state index in [2.05, 4.69) is 31.2 Å². The summed E-state index contributed by atoms with van der Waals surface area (Å²) in [5.74, 6) is 0. The van der Waals surface area contributed by atoms with Gasteiger partial charge in [0, 0.05) is 12.6 Å². The van der Waals surface area contributed by atoms with Gasteiger partial charge in [-0.1, -0.05) is 29.8 Å². The molecule has 1 aromatic carbocycles. The Balaban J connectivity index is 2.04. The summed E-state index contributed by atoms with van der Waals surface area (Å²) in [6, 6.07) is 8.86. The summed E-state index contributed by atoms with van der Waals surface area (Å²) >= 11 is 0. The molecule has 0 spiro atoms. The first-order valence-corrected chi connectivity index (χ1v) is 7.90. The molecule has 1 fully saturated rings. The molecule has 0 radical (unpaired) electrons. The van der Waals surface area contributed by atoms with E-state index in [-0.39, 0.29) is 12.1 Å². The maximum Gasteiger partial charge on any atom is 0.410 e. The lowest BCUT2D eigenvalue weighted by Crippen LogP contribution is -2.47. The predicted octanol–water partition coefficient (Wildman–Crippen LogP) is 4.33. The first-order valence-electron chi connectivity index (χ1n) is 7.90. The summed E-state index contributed by atoms with van der Waals surface area (Å²) in [6.07, 6.45) is 4.07. The highest BCUT2D eigenvalue weighted by Crippen LogP contribution is 2.23. The van der Waals surface area contributed by atoms with E-state index < -0.39 is 5.60 Å². The van der Waals surface area contributed by atoms with E-state index in [1.54, 1.807) is 0 Å². The van der Waals surface area contributed by atoms with Crippen LogP contribution in [-0.2, 0) is 11.2 Å². The van der Waals surface area contributed by atoms with Crippen molar-refractivity contribution < 1.29 is 9.53 Å². The van der Waals surface area contributed by atoms with E-state index in [1.165, 1.54) is 17.5 Å². The van der Waals surface area contributed by atoms with Gasteiger partial charge in [-0.15, -0.1) is 0 Å². The molecule has 1 saturated heterocycles. The van der Waals surface area contributed by atoms with Crippen LogP contribution in [0.5, 0.6) is 0 Å². The minimum absolute atomic E-state index is 0.167. The molecule has 0 unspecified atom stereocenters. The first kappa shape index (κ1) is 15.9. The Kier molecular flexibility index (Phi) is 4.92. The maximum atomic E-state index is 12.4. The quantitative estimate of drug-likeness (QED) is 0.811. The van der Waals surface area contributed by atoms with Gasteiger partial charge in [0.2, 0.25) is 0 Å². The van der Waals surface area contributed by atoms with Crippen LogP contribution < -0.4 is 0 Å². The lowest BCUT2D eigenvalue weighted by Gasteiger charge is -2.37. The van der Waals surface area contributed by atoms with Crippen molar-refractivity contribution in [2.45, 2.75) is 65.0 Å². The molecule has 1 aromatic rings. The monoisotopic (exact) mass is 289 g/mol. The Morgan fingerprint density at radius 1 is 1.24 bits per heavy atom. The molecule has 3 heteroatoms. The van der Waals surface area contributed by atoms with Crippen molar-refractivity contribution in [1.82, 2.24) is 4.90 Å². The number of likely N-dealkylation sites (tertiary alicyclic amines) is 1. The van der Waals surface area contributed by atoms with E-state index in [4.69, 9.17) is 4.74 Å². The Hall–Kier alpha value is -1.51. The van der Waals surface area contributed by atoms with Gasteiger partial charge in [0.15, 0.2) is 0 Å². The topological polar surface area (TPSA) is 29.5 Å². The fourth-order valence-electron chi connectivity index (χ4n) is 2.77. The summed E-state index contributed by atoms with van der Waals surface area (Å²) in [7, 11) is 0. The summed E-state index contributed by atoms with van der Waals surface area (Å²) in [4.78, 5) is 14.3. The van der Waals surface area contributed by atoms with Gasteiger partial charge in [-0.05, 0) is 58.9 Å². The number of hydrogen-bond acceptors (Lipinski definition) is 2. The van der Waals surface area contributed by atoms with Crippen LogP contribution in [0, 0.1) is 6.92 Å². The third kappa shape index (κ3) is 4.76. The molecule has 2 rings (SSSR count). The summed E-state index contributed by atoms with van der Waals surface area (Å²) in [5, 5.41) is 0. The molecule has 116 valence electrons. The van der Waals surface area contributed by atoms with E-state index >= 15 is 0 Å². The molecule has 0 saturated carbocycles. The van der Waals surface area contributed by atoms with Crippen LogP contribution in [0.4, 0.5) is 4.79 Å². The van der Waals surface area contributed by atoms with Crippen LogP contribution >= 0.6 is 0 Å². The molecule has 21 heavy (non-hydrogen) atoms. The van der Waals surface area contributed by atoms with Crippen LogP contribution in [0.2, 0.25) is 0 Å². The highest BCUT2D eigenvalue weighted by Gasteiger charge is 2.30. The molecule has 1 heterocycles. The van der Waals surface area contributed by atoms with Crippen LogP contribution in [0.15, 0.2) is 24.3 Å². The fourth-order valence-corrected chi connectivity index (χ4v) is 2.77. The second kappa shape index (κ2) is 6.50. The largest absolute Gasteiger partial charge is 0.444 e. The standard InChI is InChI=1S/C18H27NO2/c1-14-8-10-15(11-9-14)13-16-7-5-6-12-19(16)17(20)21-18(2,3)4/h8-11,16H,5-7,12-13H2,1-4H3/t16-/m0/s1. The van der Waals surface area contributed by atoms with Crippen LogP contribution in [0.25, 0.3) is 0 Å². The number of hydrogen-bond donors (Lipinski definition) is 0. The maximum absolute atomic E-state index is 12.4. The third-order valence-electron chi connectivity index (χ3n) is 3.85. The van der Waals surface area contributed by atoms with Gasteiger partial charge < -0.3 is 9.64 Å². The lowest BCUT2D eigenvalue weighted by molar-refractivity contribution is 0.00995. The second-order valence-electron chi connectivity index (χ2n) is 7.01. The van der Waals surface area contributed by atoms with Crippen LogP contribution in [-0.4, -0.2) is 29.2 Å². The number of piperidine rings is 1. The van der Waals surface area contributed by atoms with Crippen molar-refractivity contribution in [3.63, 3.8) is 0 Å². The molecule has 0 aromatic heterocycles. The molecular formula is C18H27NO2. The van der Waals surface area contributed by atoms with Gasteiger partial charge in [-0.3, -0.25) is 0 Å².